The molecule has 0 atom stereocenters. The molecule has 0 amide bonds. The quantitative estimate of drug-likeness (QED) is 0.287. The van der Waals surface area contributed by atoms with E-state index in [4.69, 9.17) is 0 Å². The van der Waals surface area contributed by atoms with Crippen molar-refractivity contribution in [1.29, 1.82) is 0 Å². The number of carbonyl (C=O) groups excluding carboxylic acids is 2. The lowest BCUT2D eigenvalue weighted by Gasteiger charge is -2.01. The molecule has 0 aliphatic rings. The van der Waals surface area contributed by atoms with E-state index in [0.717, 1.165) is 31.5 Å². The molecule has 0 aliphatic heterocycles. The fourth-order valence-electron chi connectivity index (χ4n) is 4.25. The van der Waals surface area contributed by atoms with E-state index in [2.05, 4.69) is 19.9 Å². The van der Waals surface area contributed by atoms with Gasteiger partial charge in [-0.25, -0.2) is 9.97 Å². The molecule has 0 bridgehead atoms. The predicted molar refractivity (Wildman–Crippen MR) is 138 cm³/mol. The zero-order valence-electron chi connectivity index (χ0n) is 18.7. The maximum atomic E-state index is 13.1. The van der Waals surface area contributed by atoms with Gasteiger partial charge in [-0.15, -0.1) is 11.3 Å². The number of benzene rings is 3. The summed E-state index contributed by atoms with van der Waals surface area (Å²) in [4.78, 5) is 42.7. The van der Waals surface area contributed by atoms with Crippen molar-refractivity contribution in [3.8, 4) is 0 Å². The maximum absolute atomic E-state index is 13.1. The van der Waals surface area contributed by atoms with Crippen LogP contribution in [0.3, 0.4) is 0 Å². The van der Waals surface area contributed by atoms with Crippen LogP contribution >= 0.6 is 11.3 Å². The van der Waals surface area contributed by atoms with Crippen LogP contribution in [0.25, 0.3) is 32.0 Å². The summed E-state index contributed by atoms with van der Waals surface area (Å²) in [6.45, 7) is 0. The Labute approximate surface area is 204 Å². The molecule has 3 aromatic heterocycles. The fraction of sp³-hybridized carbons (Fsp3) is 0.107. The molecule has 0 saturated heterocycles. The number of imidazole rings is 1. The SMILES string of the molecule is O=C(Cc1nc2c(C(=O)CCc3nc4ccccc4s3)cccc2[nH]1)c1cc2ccccc2cn1. The van der Waals surface area contributed by atoms with E-state index in [9.17, 15) is 9.59 Å². The van der Waals surface area contributed by atoms with Crippen molar-refractivity contribution in [2.75, 3.05) is 0 Å². The zero-order valence-corrected chi connectivity index (χ0v) is 19.5. The van der Waals surface area contributed by atoms with Crippen LogP contribution in [-0.2, 0) is 12.8 Å². The van der Waals surface area contributed by atoms with E-state index in [1.54, 1.807) is 29.7 Å². The van der Waals surface area contributed by atoms with Gasteiger partial charge in [-0.3, -0.25) is 14.6 Å². The number of fused-ring (bicyclic) bond motifs is 3. The molecule has 1 N–H and O–H groups in total. The van der Waals surface area contributed by atoms with Crippen LogP contribution in [0.1, 0.15) is 38.1 Å². The average molecular weight is 477 g/mol. The number of nitrogens with one attached hydrogen (secondary N) is 1. The van der Waals surface area contributed by atoms with Crippen molar-refractivity contribution in [3.05, 3.63) is 101 Å². The highest BCUT2D eigenvalue weighted by Crippen LogP contribution is 2.24. The van der Waals surface area contributed by atoms with Crippen LogP contribution in [0.15, 0.2) is 79.0 Å². The minimum absolute atomic E-state index is 0.00966. The third-order valence-electron chi connectivity index (χ3n) is 6.01. The summed E-state index contributed by atoms with van der Waals surface area (Å²) >= 11 is 1.62. The second-order valence-electron chi connectivity index (χ2n) is 8.40. The molecule has 0 spiro atoms. The van der Waals surface area contributed by atoms with E-state index in [0.29, 0.717) is 35.4 Å². The summed E-state index contributed by atoms with van der Waals surface area (Å²) in [5.41, 5.74) is 3.25. The lowest BCUT2D eigenvalue weighted by atomic mass is 10.1. The van der Waals surface area contributed by atoms with Gasteiger partial charge < -0.3 is 4.98 Å². The highest BCUT2D eigenvalue weighted by atomic mass is 32.1. The molecule has 0 aliphatic carbocycles. The van der Waals surface area contributed by atoms with Gasteiger partial charge in [0.2, 0.25) is 0 Å². The molecule has 0 radical (unpaired) electrons. The van der Waals surface area contributed by atoms with Gasteiger partial charge in [0.1, 0.15) is 11.5 Å². The molecule has 0 saturated carbocycles. The van der Waals surface area contributed by atoms with Gasteiger partial charge in [-0.1, -0.05) is 42.5 Å². The molecule has 0 unspecified atom stereocenters. The van der Waals surface area contributed by atoms with Gasteiger partial charge in [0.15, 0.2) is 11.6 Å². The van der Waals surface area contributed by atoms with Crippen LogP contribution in [0.4, 0.5) is 0 Å². The molecule has 35 heavy (non-hydrogen) atoms. The van der Waals surface area contributed by atoms with Gasteiger partial charge in [-0.05, 0) is 35.7 Å². The van der Waals surface area contributed by atoms with Crippen molar-refractivity contribution in [2.24, 2.45) is 0 Å². The number of aryl methyl sites for hydroxylation is 1. The average Bonchev–Trinajstić information content (AvgIpc) is 3.50. The number of hydrogen-bond donors (Lipinski definition) is 1. The highest BCUT2D eigenvalue weighted by molar-refractivity contribution is 7.18. The first-order valence-electron chi connectivity index (χ1n) is 11.4. The number of nitrogens with zero attached hydrogens (tertiary/aromatic N) is 3. The first-order valence-corrected chi connectivity index (χ1v) is 12.2. The van der Waals surface area contributed by atoms with Crippen molar-refractivity contribution in [1.82, 2.24) is 19.9 Å². The van der Waals surface area contributed by atoms with E-state index < -0.39 is 0 Å². The first kappa shape index (κ1) is 21.3. The number of thiazole rings is 1. The summed E-state index contributed by atoms with van der Waals surface area (Å²) in [5, 5.41) is 2.90. The van der Waals surface area contributed by atoms with Crippen molar-refractivity contribution in [2.45, 2.75) is 19.3 Å². The monoisotopic (exact) mass is 476 g/mol. The lowest BCUT2D eigenvalue weighted by molar-refractivity contribution is 0.0978. The molecule has 6 rings (SSSR count). The zero-order chi connectivity index (χ0) is 23.8. The maximum Gasteiger partial charge on any atom is 0.188 e. The van der Waals surface area contributed by atoms with E-state index in [1.165, 1.54) is 0 Å². The topological polar surface area (TPSA) is 88.6 Å². The van der Waals surface area contributed by atoms with Gasteiger partial charge in [-0.2, -0.15) is 0 Å². The van der Waals surface area contributed by atoms with Crippen molar-refractivity contribution < 1.29 is 9.59 Å². The van der Waals surface area contributed by atoms with E-state index in [1.807, 2.05) is 60.7 Å². The Balaban J connectivity index is 1.21. The number of ketones is 2. The second kappa shape index (κ2) is 8.85. The smallest absolute Gasteiger partial charge is 0.188 e. The Bertz CT molecular complexity index is 1700. The molecular weight excluding hydrogens is 456 g/mol. The third kappa shape index (κ3) is 4.22. The Morgan fingerprint density at radius 3 is 2.57 bits per heavy atom. The van der Waals surface area contributed by atoms with Gasteiger partial charge in [0.25, 0.3) is 0 Å². The van der Waals surface area contributed by atoms with Gasteiger partial charge >= 0.3 is 0 Å². The van der Waals surface area contributed by atoms with Crippen LogP contribution in [0, 0.1) is 0 Å². The summed E-state index contributed by atoms with van der Waals surface area (Å²) in [6, 6.07) is 23.1. The van der Waals surface area contributed by atoms with Gasteiger partial charge in [0, 0.05) is 30.0 Å². The van der Waals surface area contributed by atoms with E-state index >= 15 is 0 Å². The summed E-state index contributed by atoms with van der Waals surface area (Å²) < 4.78 is 1.12. The molecule has 6 aromatic rings. The summed E-state index contributed by atoms with van der Waals surface area (Å²) in [5.74, 6) is 0.403. The number of para-hydroxylation sites is 2. The number of rotatable bonds is 7. The minimum Gasteiger partial charge on any atom is -0.342 e. The first-order chi connectivity index (χ1) is 17.1. The number of aromatic nitrogens is 4. The third-order valence-corrected chi connectivity index (χ3v) is 7.11. The Hall–Kier alpha value is -4.23. The van der Waals surface area contributed by atoms with Crippen LogP contribution < -0.4 is 0 Å². The van der Waals surface area contributed by atoms with Crippen LogP contribution in [0.2, 0.25) is 0 Å². The number of carbonyl (C=O) groups is 2. The lowest BCUT2D eigenvalue weighted by Crippen LogP contribution is -2.07. The number of pyridine rings is 1. The standard InChI is InChI=1S/C28H20N4O2S/c33-23(12-13-27-31-20-9-3-4-11-25(20)35-27)19-8-5-10-21-28(19)32-26(30-21)15-24(34)22-14-17-6-1-2-7-18(17)16-29-22/h1-11,14,16H,12-13,15H2,(H,30,32). The molecule has 7 heteroatoms. The largest absolute Gasteiger partial charge is 0.342 e. The number of H-pyrrole nitrogens is 1. The number of aromatic amines is 1. The van der Waals surface area contributed by atoms with E-state index in [-0.39, 0.29) is 18.0 Å². The summed E-state index contributed by atoms with van der Waals surface area (Å²) in [7, 11) is 0. The fourth-order valence-corrected chi connectivity index (χ4v) is 5.22. The molecule has 3 heterocycles. The normalized spacial score (nSPS) is 11.4. The Kier molecular flexibility index (Phi) is 5.39. The predicted octanol–water partition coefficient (Wildman–Crippen LogP) is 5.96. The molecule has 0 fully saturated rings. The molecule has 6 nitrogen and oxygen atoms in total. The number of Topliss-reactive ketones (excluding diaryl/α,β-unsaturated/α-hetero) is 2. The molecule has 170 valence electrons. The van der Waals surface area contributed by atoms with Crippen molar-refractivity contribution >= 4 is 54.9 Å². The Morgan fingerprint density at radius 1 is 0.857 bits per heavy atom. The van der Waals surface area contributed by atoms with Crippen LogP contribution in [0.5, 0.6) is 0 Å². The minimum atomic E-state index is -0.126. The molecular formula is C28H20N4O2S. The number of hydrogen-bond acceptors (Lipinski definition) is 6. The Morgan fingerprint density at radius 2 is 1.69 bits per heavy atom. The second-order valence-corrected chi connectivity index (χ2v) is 9.52. The highest BCUT2D eigenvalue weighted by Gasteiger charge is 2.17. The van der Waals surface area contributed by atoms with Crippen molar-refractivity contribution in [3.63, 3.8) is 0 Å². The van der Waals surface area contributed by atoms with Gasteiger partial charge in [0.05, 0.1) is 32.7 Å². The molecule has 3 aromatic carbocycles. The van der Waals surface area contributed by atoms with Crippen LogP contribution in [-0.4, -0.2) is 31.5 Å². The summed E-state index contributed by atoms with van der Waals surface area (Å²) in [6.07, 6.45) is 2.72.